The Bertz CT molecular complexity index is 518. The van der Waals surface area contributed by atoms with Gasteiger partial charge in [-0.05, 0) is 31.5 Å². The van der Waals surface area contributed by atoms with Gasteiger partial charge >= 0.3 is 5.97 Å². The highest BCUT2D eigenvalue weighted by atomic mass is 35.5. The third-order valence-electron chi connectivity index (χ3n) is 2.61. The van der Waals surface area contributed by atoms with Gasteiger partial charge in [0.05, 0.1) is 18.2 Å². The van der Waals surface area contributed by atoms with Crippen molar-refractivity contribution in [2.45, 2.75) is 26.0 Å². The molecule has 0 radical (unpaired) electrons. The van der Waals surface area contributed by atoms with Crippen molar-refractivity contribution in [3.63, 3.8) is 0 Å². The zero-order valence-electron chi connectivity index (χ0n) is 12.1. The summed E-state index contributed by atoms with van der Waals surface area (Å²) in [6, 6.07) is 3.33. The van der Waals surface area contributed by atoms with Gasteiger partial charge in [0.15, 0.2) is 6.04 Å². The molecule has 1 rings (SSSR count). The Balaban J connectivity index is 2.85. The van der Waals surface area contributed by atoms with E-state index in [1.165, 1.54) is 19.2 Å². The molecular weight excluding hydrogens is 298 g/mol. The Morgan fingerprint density at radius 2 is 2.05 bits per heavy atom. The number of methoxy groups -OCH3 is 1. The van der Waals surface area contributed by atoms with Gasteiger partial charge < -0.3 is 19.9 Å². The second kappa shape index (κ2) is 7.85. The first kappa shape index (κ1) is 17.3. The van der Waals surface area contributed by atoms with Crippen molar-refractivity contribution in [3.05, 3.63) is 28.8 Å². The van der Waals surface area contributed by atoms with Gasteiger partial charge in [0.1, 0.15) is 12.4 Å². The van der Waals surface area contributed by atoms with Crippen LogP contribution < -0.4 is 10.1 Å². The molecule has 21 heavy (non-hydrogen) atoms. The fraction of sp³-hybridized carbons (Fsp3) is 0.429. The van der Waals surface area contributed by atoms with Crippen LogP contribution in [0.25, 0.3) is 0 Å². The molecule has 0 spiro atoms. The Morgan fingerprint density at radius 1 is 1.38 bits per heavy atom. The first-order valence-electron chi connectivity index (χ1n) is 6.32. The van der Waals surface area contributed by atoms with Crippen LogP contribution in [0.5, 0.6) is 5.75 Å². The number of nitrogens with one attached hydrogen (secondary N) is 1. The second-order valence-corrected chi connectivity index (χ2v) is 5.00. The van der Waals surface area contributed by atoms with Gasteiger partial charge in [-0.15, -0.1) is 0 Å². The number of carbonyl (C=O) groups is 2. The SMILES string of the molecule is COc1ccc(C(NC(=O)COC(C)C)C(=O)O)cc1Cl. The zero-order chi connectivity index (χ0) is 16.0. The number of hydrogen-bond donors (Lipinski definition) is 2. The summed E-state index contributed by atoms with van der Waals surface area (Å²) in [5.41, 5.74) is 0.353. The van der Waals surface area contributed by atoms with Crippen LogP contribution in [0.1, 0.15) is 25.5 Å². The smallest absolute Gasteiger partial charge is 0.330 e. The molecule has 6 nitrogen and oxygen atoms in total. The van der Waals surface area contributed by atoms with Crippen LogP contribution in [-0.2, 0) is 14.3 Å². The Hall–Kier alpha value is -1.79. The first-order chi connectivity index (χ1) is 9.85. The van der Waals surface area contributed by atoms with E-state index in [4.69, 9.17) is 21.1 Å². The molecule has 0 saturated carbocycles. The monoisotopic (exact) mass is 315 g/mol. The molecule has 0 aromatic heterocycles. The molecule has 0 aliphatic carbocycles. The molecule has 0 aliphatic heterocycles. The summed E-state index contributed by atoms with van der Waals surface area (Å²) in [6.07, 6.45) is -0.116. The molecule has 0 saturated heterocycles. The normalized spacial score (nSPS) is 12.0. The van der Waals surface area contributed by atoms with E-state index < -0.39 is 17.9 Å². The van der Waals surface area contributed by atoms with Crippen molar-refractivity contribution in [2.75, 3.05) is 13.7 Å². The lowest BCUT2D eigenvalue weighted by atomic mass is 10.1. The molecular formula is C14H18ClNO5. The minimum Gasteiger partial charge on any atom is -0.495 e. The molecule has 0 aliphatic rings. The molecule has 7 heteroatoms. The highest BCUT2D eigenvalue weighted by Gasteiger charge is 2.23. The average molecular weight is 316 g/mol. The predicted molar refractivity (Wildman–Crippen MR) is 77.6 cm³/mol. The van der Waals surface area contributed by atoms with E-state index in [2.05, 4.69) is 5.32 Å². The fourth-order valence-corrected chi connectivity index (χ4v) is 1.86. The van der Waals surface area contributed by atoms with Crippen molar-refractivity contribution in [2.24, 2.45) is 0 Å². The summed E-state index contributed by atoms with van der Waals surface area (Å²) < 4.78 is 10.1. The van der Waals surface area contributed by atoms with Gasteiger partial charge in [0.2, 0.25) is 5.91 Å². The molecule has 0 heterocycles. The number of carboxylic acids is 1. The van der Waals surface area contributed by atoms with Crippen LogP contribution in [0, 0.1) is 0 Å². The third kappa shape index (κ3) is 5.24. The Morgan fingerprint density at radius 3 is 2.52 bits per heavy atom. The van der Waals surface area contributed by atoms with Gasteiger partial charge in [-0.25, -0.2) is 4.79 Å². The molecule has 1 unspecified atom stereocenters. The first-order valence-corrected chi connectivity index (χ1v) is 6.70. The van der Waals surface area contributed by atoms with E-state index in [-0.39, 0.29) is 17.7 Å². The second-order valence-electron chi connectivity index (χ2n) is 4.59. The van der Waals surface area contributed by atoms with E-state index in [0.29, 0.717) is 11.3 Å². The number of carboxylic acid groups (broad SMARTS) is 1. The molecule has 1 atom stereocenters. The number of aliphatic carboxylic acids is 1. The molecule has 0 fully saturated rings. The van der Waals surface area contributed by atoms with Crippen molar-refractivity contribution < 1.29 is 24.2 Å². The lowest BCUT2D eigenvalue weighted by molar-refractivity contribution is -0.143. The van der Waals surface area contributed by atoms with Gasteiger partial charge in [0.25, 0.3) is 0 Å². The summed E-state index contributed by atoms with van der Waals surface area (Å²) >= 11 is 5.96. The van der Waals surface area contributed by atoms with Crippen LogP contribution in [-0.4, -0.2) is 36.8 Å². The molecule has 1 amide bonds. The summed E-state index contributed by atoms with van der Waals surface area (Å²) in [5, 5.41) is 11.9. The number of ether oxygens (including phenoxy) is 2. The maximum atomic E-state index is 11.7. The van der Waals surface area contributed by atoms with Crippen LogP contribution in [0.15, 0.2) is 18.2 Å². The van der Waals surface area contributed by atoms with Gasteiger partial charge in [-0.2, -0.15) is 0 Å². The third-order valence-corrected chi connectivity index (χ3v) is 2.90. The summed E-state index contributed by atoms with van der Waals surface area (Å²) in [4.78, 5) is 23.0. The largest absolute Gasteiger partial charge is 0.495 e. The Labute approximate surface area is 128 Å². The molecule has 0 bridgehead atoms. The van der Waals surface area contributed by atoms with Crippen LogP contribution >= 0.6 is 11.6 Å². The lowest BCUT2D eigenvalue weighted by Crippen LogP contribution is -2.36. The van der Waals surface area contributed by atoms with Crippen molar-refractivity contribution in [1.82, 2.24) is 5.32 Å². The highest BCUT2D eigenvalue weighted by Crippen LogP contribution is 2.27. The topological polar surface area (TPSA) is 84.9 Å². The summed E-state index contributed by atoms with van der Waals surface area (Å²) in [7, 11) is 1.46. The fourth-order valence-electron chi connectivity index (χ4n) is 1.59. The number of amides is 1. The number of halogens is 1. The van der Waals surface area contributed by atoms with Crippen LogP contribution in [0.3, 0.4) is 0 Å². The molecule has 2 N–H and O–H groups in total. The number of carbonyl (C=O) groups excluding carboxylic acids is 1. The van der Waals surface area contributed by atoms with E-state index >= 15 is 0 Å². The minimum atomic E-state index is -1.20. The summed E-state index contributed by atoms with van der Waals surface area (Å²) in [5.74, 6) is -1.27. The van der Waals surface area contributed by atoms with E-state index in [0.717, 1.165) is 0 Å². The van der Waals surface area contributed by atoms with Crippen molar-refractivity contribution >= 4 is 23.5 Å². The van der Waals surface area contributed by atoms with Gasteiger partial charge in [0, 0.05) is 0 Å². The highest BCUT2D eigenvalue weighted by molar-refractivity contribution is 6.32. The standard InChI is InChI=1S/C14H18ClNO5/c1-8(2)21-7-12(17)16-13(14(18)19)9-4-5-11(20-3)10(15)6-9/h4-6,8,13H,7H2,1-3H3,(H,16,17)(H,18,19). The maximum absolute atomic E-state index is 11.7. The predicted octanol–water partition coefficient (Wildman–Crippen LogP) is 2.02. The van der Waals surface area contributed by atoms with Crippen LogP contribution in [0.4, 0.5) is 0 Å². The number of hydrogen-bond acceptors (Lipinski definition) is 4. The molecule has 1 aromatic carbocycles. The van der Waals surface area contributed by atoms with Crippen molar-refractivity contribution in [1.29, 1.82) is 0 Å². The minimum absolute atomic E-state index is 0.116. The van der Waals surface area contributed by atoms with E-state index in [1.807, 2.05) is 0 Å². The zero-order valence-corrected chi connectivity index (χ0v) is 12.8. The van der Waals surface area contributed by atoms with Crippen LogP contribution in [0.2, 0.25) is 5.02 Å². The average Bonchev–Trinajstić information content (AvgIpc) is 2.42. The van der Waals surface area contributed by atoms with Crippen molar-refractivity contribution in [3.8, 4) is 5.75 Å². The van der Waals surface area contributed by atoms with Gasteiger partial charge in [-0.3, -0.25) is 4.79 Å². The quantitative estimate of drug-likeness (QED) is 0.804. The Kier molecular flexibility index (Phi) is 6.45. The molecule has 116 valence electrons. The summed E-state index contributed by atoms with van der Waals surface area (Å²) in [6.45, 7) is 3.36. The van der Waals surface area contributed by atoms with E-state index in [9.17, 15) is 14.7 Å². The maximum Gasteiger partial charge on any atom is 0.330 e. The van der Waals surface area contributed by atoms with E-state index in [1.54, 1.807) is 19.9 Å². The number of benzene rings is 1. The van der Waals surface area contributed by atoms with Gasteiger partial charge in [-0.1, -0.05) is 17.7 Å². The number of rotatable bonds is 7. The lowest BCUT2D eigenvalue weighted by Gasteiger charge is -2.16. The molecule has 1 aromatic rings.